The van der Waals surface area contributed by atoms with Crippen LogP contribution in [-0.4, -0.2) is 28.8 Å². The van der Waals surface area contributed by atoms with Crippen LogP contribution in [0.3, 0.4) is 0 Å². The summed E-state index contributed by atoms with van der Waals surface area (Å²) in [5.74, 6) is 0.445. The van der Waals surface area contributed by atoms with Gasteiger partial charge in [-0.15, -0.1) is 11.3 Å². The van der Waals surface area contributed by atoms with Crippen LogP contribution in [0.1, 0.15) is 5.56 Å². The summed E-state index contributed by atoms with van der Waals surface area (Å²) < 4.78 is 1.13. The molecule has 0 N–H and O–H groups in total. The maximum absolute atomic E-state index is 11.0. The fourth-order valence-corrected chi connectivity index (χ4v) is 3.23. The summed E-state index contributed by atoms with van der Waals surface area (Å²) in [5.41, 5.74) is 1.23. The summed E-state index contributed by atoms with van der Waals surface area (Å²) in [6.45, 7) is 0.793. The van der Waals surface area contributed by atoms with E-state index in [1.165, 1.54) is 17.3 Å². The smallest absolute Gasteiger partial charge is 0.258 e. The van der Waals surface area contributed by atoms with E-state index in [2.05, 4.69) is 32.4 Å². The summed E-state index contributed by atoms with van der Waals surface area (Å²) >= 11 is 6.59. The Kier molecular flexibility index (Phi) is 3.48. The second kappa shape index (κ2) is 4.67. The van der Waals surface area contributed by atoms with E-state index >= 15 is 0 Å². The Labute approximate surface area is 105 Å². The Morgan fingerprint density at radius 3 is 3.00 bits per heavy atom. The molecular formula is C9H9BrN2OS2. The molecule has 2 heterocycles. The van der Waals surface area contributed by atoms with Gasteiger partial charge < -0.3 is 4.90 Å². The summed E-state index contributed by atoms with van der Waals surface area (Å²) in [6.07, 6.45) is 0. The van der Waals surface area contributed by atoms with E-state index in [0.717, 1.165) is 15.5 Å². The molecule has 0 aromatic carbocycles. The van der Waals surface area contributed by atoms with Crippen molar-refractivity contribution in [3.8, 4) is 0 Å². The van der Waals surface area contributed by atoms with Crippen LogP contribution in [0.25, 0.3) is 0 Å². The van der Waals surface area contributed by atoms with Crippen molar-refractivity contribution >= 4 is 50.1 Å². The number of thiophene rings is 1. The number of hydrogen-bond donors (Lipinski definition) is 0. The molecule has 1 aromatic rings. The zero-order valence-corrected chi connectivity index (χ0v) is 11.3. The maximum atomic E-state index is 11.0. The number of rotatable bonds is 2. The molecule has 0 atom stereocenters. The number of amides is 1. The third-order valence-corrected chi connectivity index (χ3v) is 4.52. The van der Waals surface area contributed by atoms with E-state index in [1.807, 2.05) is 11.9 Å². The molecule has 0 bridgehead atoms. The van der Waals surface area contributed by atoms with E-state index < -0.39 is 0 Å². The number of halogens is 1. The van der Waals surface area contributed by atoms with Gasteiger partial charge in [-0.3, -0.25) is 4.79 Å². The van der Waals surface area contributed by atoms with Gasteiger partial charge in [-0.05, 0) is 32.9 Å². The minimum Gasteiger partial charge on any atom is -0.350 e. The Hall–Kier alpha value is -0.330. The Balaban J connectivity index is 2.01. The van der Waals surface area contributed by atoms with Crippen molar-refractivity contribution in [1.82, 2.24) is 4.90 Å². The number of nitrogens with zero attached hydrogens (tertiary/aromatic N) is 2. The highest BCUT2D eigenvalue weighted by atomic mass is 79.9. The van der Waals surface area contributed by atoms with Crippen molar-refractivity contribution in [2.45, 2.75) is 6.54 Å². The van der Waals surface area contributed by atoms with Crippen molar-refractivity contribution in [3.05, 3.63) is 20.8 Å². The number of thioether (sulfide) groups is 1. The van der Waals surface area contributed by atoms with Gasteiger partial charge in [0, 0.05) is 13.6 Å². The van der Waals surface area contributed by atoms with Gasteiger partial charge in [0.05, 0.1) is 9.54 Å². The second-order valence-corrected chi connectivity index (χ2v) is 6.42. The molecule has 0 fully saturated rings. The molecule has 0 saturated heterocycles. The molecule has 0 aliphatic carbocycles. The average molecular weight is 305 g/mol. The summed E-state index contributed by atoms with van der Waals surface area (Å²) in [6, 6.07) is 2.09. The van der Waals surface area contributed by atoms with Crippen molar-refractivity contribution in [2.24, 2.45) is 4.99 Å². The normalized spacial score (nSPS) is 15.6. The third-order valence-electron chi connectivity index (χ3n) is 1.91. The Morgan fingerprint density at radius 1 is 1.67 bits per heavy atom. The molecule has 6 heteroatoms. The van der Waals surface area contributed by atoms with E-state index in [1.54, 1.807) is 11.3 Å². The highest BCUT2D eigenvalue weighted by Crippen LogP contribution is 2.23. The molecular weight excluding hydrogens is 296 g/mol. The van der Waals surface area contributed by atoms with Gasteiger partial charge in [-0.2, -0.15) is 4.99 Å². The summed E-state index contributed by atoms with van der Waals surface area (Å²) in [5, 5.41) is 2.92. The number of carbonyl (C=O) groups is 1. The Bertz CT molecular complexity index is 416. The number of aliphatic imine (C=N–C) groups is 1. The largest absolute Gasteiger partial charge is 0.350 e. The first kappa shape index (κ1) is 11.2. The summed E-state index contributed by atoms with van der Waals surface area (Å²) in [7, 11) is 1.95. The predicted octanol–water partition coefficient (Wildman–Crippen LogP) is 2.57. The van der Waals surface area contributed by atoms with E-state index in [0.29, 0.717) is 5.75 Å². The maximum Gasteiger partial charge on any atom is 0.258 e. The second-order valence-electron chi connectivity index (χ2n) is 3.19. The lowest BCUT2D eigenvalue weighted by molar-refractivity contribution is -0.115. The Morgan fingerprint density at radius 2 is 2.47 bits per heavy atom. The molecule has 0 radical (unpaired) electrons. The zero-order valence-electron chi connectivity index (χ0n) is 8.07. The lowest BCUT2D eigenvalue weighted by atomic mass is 10.3. The fraction of sp³-hybridized carbons (Fsp3) is 0.333. The molecule has 2 rings (SSSR count). The number of carbonyl (C=O) groups excluding carboxylic acids is 1. The molecule has 15 heavy (non-hydrogen) atoms. The van der Waals surface area contributed by atoms with Gasteiger partial charge in [-0.1, -0.05) is 11.8 Å². The van der Waals surface area contributed by atoms with Crippen molar-refractivity contribution in [1.29, 1.82) is 0 Å². The van der Waals surface area contributed by atoms with E-state index in [9.17, 15) is 4.79 Å². The van der Waals surface area contributed by atoms with Gasteiger partial charge in [0.25, 0.3) is 5.91 Å². The van der Waals surface area contributed by atoms with Crippen molar-refractivity contribution in [3.63, 3.8) is 0 Å². The van der Waals surface area contributed by atoms with Crippen LogP contribution >= 0.6 is 39.0 Å². The molecule has 1 aliphatic rings. The van der Waals surface area contributed by atoms with Gasteiger partial charge in [0.1, 0.15) is 0 Å². The van der Waals surface area contributed by atoms with E-state index in [-0.39, 0.29) is 5.91 Å². The van der Waals surface area contributed by atoms with Crippen LogP contribution < -0.4 is 0 Å². The van der Waals surface area contributed by atoms with E-state index in [4.69, 9.17) is 0 Å². The highest BCUT2D eigenvalue weighted by molar-refractivity contribution is 9.11. The molecule has 80 valence electrons. The van der Waals surface area contributed by atoms with Gasteiger partial charge in [0.2, 0.25) is 0 Å². The van der Waals surface area contributed by atoms with Crippen LogP contribution in [0.15, 0.2) is 20.2 Å². The minimum atomic E-state index is -0.0339. The average Bonchev–Trinajstić information content (AvgIpc) is 2.75. The molecule has 1 aliphatic heterocycles. The molecule has 0 spiro atoms. The quantitative estimate of drug-likeness (QED) is 0.842. The molecule has 0 unspecified atom stereocenters. The topological polar surface area (TPSA) is 32.7 Å². The lowest BCUT2D eigenvalue weighted by Crippen LogP contribution is -2.22. The molecule has 1 amide bonds. The molecule has 1 aromatic heterocycles. The SMILES string of the molecule is CN(Cc1csc(Br)c1)C1=NC(=O)CS1. The third kappa shape index (κ3) is 2.83. The first-order valence-corrected chi connectivity index (χ1v) is 6.99. The summed E-state index contributed by atoms with van der Waals surface area (Å²) in [4.78, 5) is 16.9. The van der Waals surface area contributed by atoms with Gasteiger partial charge >= 0.3 is 0 Å². The molecule has 0 saturated carbocycles. The standard InChI is InChI=1S/C9H9BrN2OS2/c1-12(9-11-8(13)5-15-9)3-6-2-7(10)14-4-6/h2,4H,3,5H2,1H3. The highest BCUT2D eigenvalue weighted by Gasteiger charge is 2.18. The lowest BCUT2D eigenvalue weighted by Gasteiger charge is -2.16. The fourth-order valence-electron chi connectivity index (χ4n) is 1.26. The minimum absolute atomic E-state index is 0.0339. The monoisotopic (exact) mass is 304 g/mol. The van der Waals surface area contributed by atoms with Crippen LogP contribution in [0, 0.1) is 0 Å². The molecule has 3 nitrogen and oxygen atoms in total. The van der Waals surface area contributed by atoms with Crippen LogP contribution in [0.5, 0.6) is 0 Å². The number of hydrogen-bond acceptors (Lipinski definition) is 4. The van der Waals surface area contributed by atoms with Crippen molar-refractivity contribution in [2.75, 3.05) is 12.8 Å². The number of amidine groups is 1. The van der Waals surface area contributed by atoms with Crippen molar-refractivity contribution < 1.29 is 4.79 Å². The van der Waals surface area contributed by atoms with Gasteiger partial charge in [-0.25, -0.2) is 0 Å². The van der Waals surface area contributed by atoms with Crippen LogP contribution in [-0.2, 0) is 11.3 Å². The van der Waals surface area contributed by atoms with Crippen LogP contribution in [0.4, 0.5) is 0 Å². The zero-order chi connectivity index (χ0) is 10.8. The van der Waals surface area contributed by atoms with Crippen LogP contribution in [0.2, 0.25) is 0 Å². The predicted molar refractivity (Wildman–Crippen MR) is 68.4 cm³/mol. The van der Waals surface area contributed by atoms with Gasteiger partial charge in [0.15, 0.2) is 5.17 Å². The first-order chi connectivity index (χ1) is 7.15. The first-order valence-electron chi connectivity index (χ1n) is 4.33.